The molecule has 246 valence electrons. The number of amides is 2. The molecular weight excluding hydrogens is 602 g/mol. The summed E-state index contributed by atoms with van der Waals surface area (Å²) >= 11 is 0. The average Bonchev–Trinajstić information content (AvgIpc) is 3.85. The predicted molar refractivity (Wildman–Crippen MR) is 180 cm³/mol. The standard InChI is InChI=1S/C37H41N9O2/c1-45-23-30(22-43-45)28-11-12-31(40-20-28)33(35(47)42-19-26-5-3-2-4-6-26)27-9-7-25(8-10-27)17-32-41-21-29(18-38)34(44-32)46-16-14-37(24-46)13-15-39-36(37)48/h2-6,11-12,20-23,25,27,33H,7-10,13-17,19,24H2,1H3,(H,39,48)(H,42,47)/t25-,27-,33?,37?. The number of benzene rings is 1. The summed E-state index contributed by atoms with van der Waals surface area (Å²) in [6.45, 7) is 2.47. The van der Waals surface area contributed by atoms with Gasteiger partial charge >= 0.3 is 0 Å². The molecular formula is C37H41N9O2. The normalized spacial score (nSPS) is 22.8. The first-order valence-electron chi connectivity index (χ1n) is 17.0. The quantitative estimate of drug-likeness (QED) is 0.275. The van der Waals surface area contributed by atoms with Gasteiger partial charge in [-0.1, -0.05) is 36.4 Å². The van der Waals surface area contributed by atoms with Crippen molar-refractivity contribution in [1.29, 1.82) is 5.26 Å². The molecule has 11 heteroatoms. The molecule has 3 fully saturated rings. The Hall–Kier alpha value is -5.11. The lowest BCUT2D eigenvalue weighted by atomic mass is 9.73. The summed E-state index contributed by atoms with van der Waals surface area (Å²) in [5, 5.41) is 20.3. The Balaban J connectivity index is 1.04. The van der Waals surface area contributed by atoms with Gasteiger partial charge < -0.3 is 15.5 Å². The lowest BCUT2D eigenvalue weighted by molar-refractivity contribution is -0.126. The number of carbonyl (C=O) groups is 2. The first-order chi connectivity index (χ1) is 23.4. The average molecular weight is 644 g/mol. The number of pyridine rings is 1. The van der Waals surface area contributed by atoms with Gasteiger partial charge in [0.2, 0.25) is 11.8 Å². The molecule has 1 aliphatic carbocycles. The first kappa shape index (κ1) is 31.5. The van der Waals surface area contributed by atoms with Crippen LogP contribution in [0.3, 0.4) is 0 Å². The van der Waals surface area contributed by atoms with Crippen LogP contribution in [0.5, 0.6) is 0 Å². The van der Waals surface area contributed by atoms with Crippen LogP contribution in [0.1, 0.15) is 67.1 Å². The Morgan fingerprint density at radius 3 is 2.58 bits per heavy atom. The minimum absolute atomic E-state index is 0.00308. The highest BCUT2D eigenvalue weighted by Crippen LogP contribution is 2.41. The number of aryl methyl sites for hydroxylation is 1. The molecule has 2 aliphatic heterocycles. The van der Waals surface area contributed by atoms with E-state index in [4.69, 9.17) is 9.97 Å². The molecule has 2 saturated heterocycles. The molecule has 0 bridgehead atoms. The summed E-state index contributed by atoms with van der Waals surface area (Å²) in [4.78, 5) is 42.8. The van der Waals surface area contributed by atoms with Crippen LogP contribution in [0.25, 0.3) is 11.1 Å². The van der Waals surface area contributed by atoms with E-state index in [-0.39, 0.29) is 29.1 Å². The maximum atomic E-state index is 13.8. The predicted octanol–water partition coefficient (Wildman–Crippen LogP) is 4.31. The van der Waals surface area contributed by atoms with E-state index in [9.17, 15) is 14.9 Å². The van der Waals surface area contributed by atoms with E-state index in [2.05, 4.69) is 31.7 Å². The molecule has 2 atom stereocenters. The van der Waals surface area contributed by atoms with Crippen molar-refractivity contribution in [3.63, 3.8) is 0 Å². The van der Waals surface area contributed by atoms with Crippen molar-refractivity contribution in [3.8, 4) is 17.2 Å². The molecule has 2 unspecified atom stereocenters. The number of aromatic nitrogens is 5. The molecule has 1 spiro atoms. The zero-order chi connectivity index (χ0) is 33.1. The van der Waals surface area contributed by atoms with Gasteiger partial charge in [-0.15, -0.1) is 0 Å². The summed E-state index contributed by atoms with van der Waals surface area (Å²) in [6, 6.07) is 16.3. The SMILES string of the molecule is Cn1cc(-c2ccc(C(C(=O)NCc3ccccc3)[C@H]3CC[C@H](Cc4ncc(C#N)c(N5CCC6(CCNC6=O)C5)n4)CC3)nc2)cn1. The molecule has 4 aromatic rings. The third kappa shape index (κ3) is 6.52. The van der Waals surface area contributed by atoms with Gasteiger partial charge in [0, 0.05) is 63.2 Å². The lowest BCUT2D eigenvalue weighted by Gasteiger charge is -2.33. The van der Waals surface area contributed by atoms with Gasteiger partial charge in [0.1, 0.15) is 23.3 Å². The van der Waals surface area contributed by atoms with Gasteiger partial charge in [0.15, 0.2) is 0 Å². The molecule has 2 N–H and O–H groups in total. The second kappa shape index (κ2) is 13.6. The van der Waals surface area contributed by atoms with Gasteiger partial charge in [0.05, 0.1) is 29.4 Å². The maximum Gasteiger partial charge on any atom is 0.229 e. The second-order valence-electron chi connectivity index (χ2n) is 13.6. The number of anilines is 1. The van der Waals surface area contributed by atoms with Gasteiger partial charge in [-0.25, -0.2) is 9.97 Å². The van der Waals surface area contributed by atoms with Crippen LogP contribution in [-0.4, -0.2) is 56.2 Å². The highest BCUT2D eigenvalue weighted by atomic mass is 16.2. The first-order valence-corrected chi connectivity index (χ1v) is 17.0. The molecule has 48 heavy (non-hydrogen) atoms. The Morgan fingerprint density at radius 2 is 1.90 bits per heavy atom. The van der Waals surface area contributed by atoms with Crippen LogP contribution in [0.2, 0.25) is 0 Å². The number of rotatable bonds is 9. The van der Waals surface area contributed by atoms with Crippen LogP contribution in [0.15, 0.2) is 67.3 Å². The smallest absolute Gasteiger partial charge is 0.229 e. The Bertz CT molecular complexity index is 1810. The Kier molecular flexibility index (Phi) is 8.89. The maximum absolute atomic E-state index is 13.8. The van der Waals surface area contributed by atoms with Crippen molar-refractivity contribution < 1.29 is 9.59 Å². The third-order valence-electron chi connectivity index (χ3n) is 10.5. The van der Waals surface area contributed by atoms with Crippen LogP contribution in [0.4, 0.5) is 5.82 Å². The van der Waals surface area contributed by atoms with Crippen LogP contribution >= 0.6 is 0 Å². The Labute approximate surface area is 280 Å². The summed E-state index contributed by atoms with van der Waals surface area (Å²) < 4.78 is 1.77. The zero-order valence-corrected chi connectivity index (χ0v) is 27.3. The van der Waals surface area contributed by atoms with E-state index < -0.39 is 0 Å². The summed E-state index contributed by atoms with van der Waals surface area (Å²) in [5.74, 6) is 1.67. The lowest BCUT2D eigenvalue weighted by Crippen LogP contribution is -2.35. The number of nitrogens with zero attached hydrogens (tertiary/aromatic N) is 7. The fraction of sp³-hybridized carbons (Fsp3) is 0.432. The molecule has 2 amide bonds. The summed E-state index contributed by atoms with van der Waals surface area (Å²) in [6.07, 6.45) is 13.3. The molecule has 1 saturated carbocycles. The molecule has 7 rings (SSSR count). The minimum atomic E-state index is -0.381. The van der Waals surface area contributed by atoms with E-state index in [0.29, 0.717) is 49.9 Å². The number of hydrogen-bond donors (Lipinski definition) is 2. The minimum Gasteiger partial charge on any atom is -0.356 e. The van der Waals surface area contributed by atoms with Crippen LogP contribution in [0, 0.1) is 28.6 Å². The molecule has 3 aromatic heterocycles. The van der Waals surface area contributed by atoms with Crippen molar-refractivity contribution in [2.45, 2.75) is 57.4 Å². The summed E-state index contributed by atoms with van der Waals surface area (Å²) in [5.41, 5.74) is 3.87. The van der Waals surface area contributed by atoms with Crippen molar-refractivity contribution in [2.24, 2.45) is 24.3 Å². The number of nitriles is 1. The highest BCUT2D eigenvalue weighted by Gasteiger charge is 2.48. The number of nitrogens with one attached hydrogen (secondary N) is 2. The van der Waals surface area contributed by atoms with Crippen LogP contribution in [-0.2, 0) is 29.6 Å². The van der Waals surface area contributed by atoms with E-state index in [1.54, 1.807) is 10.9 Å². The zero-order valence-electron chi connectivity index (χ0n) is 27.3. The second-order valence-corrected chi connectivity index (χ2v) is 13.6. The molecule has 0 radical (unpaired) electrons. The monoisotopic (exact) mass is 643 g/mol. The molecule has 3 aliphatic rings. The number of hydrogen-bond acceptors (Lipinski definition) is 8. The van der Waals surface area contributed by atoms with Crippen molar-refractivity contribution in [1.82, 2.24) is 35.4 Å². The van der Waals surface area contributed by atoms with Crippen molar-refractivity contribution >= 4 is 17.6 Å². The van der Waals surface area contributed by atoms with Gasteiger partial charge in [-0.05, 0) is 62.0 Å². The van der Waals surface area contributed by atoms with E-state index in [1.807, 2.05) is 68.1 Å². The molecule has 11 nitrogen and oxygen atoms in total. The highest BCUT2D eigenvalue weighted by molar-refractivity contribution is 5.86. The van der Waals surface area contributed by atoms with Crippen LogP contribution < -0.4 is 15.5 Å². The molecule has 1 aromatic carbocycles. The van der Waals surface area contributed by atoms with E-state index >= 15 is 0 Å². The fourth-order valence-electron chi connectivity index (χ4n) is 7.78. The number of carbonyl (C=O) groups excluding carboxylic acids is 2. The van der Waals surface area contributed by atoms with Gasteiger partial charge in [-0.2, -0.15) is 10.4 Å². The van der Waals surface area contributed by atoms with E-state index in [1.165, 1.54) is 0 Å². The fourth-order valence-corrected chi connectivity index (χ4v) is 7.78. The third-order valence-corrected chi connectivity index (χ3v) is 10.5. The largest absolute Gasteiger partial charge is 0.356 e. The topological polar surface area (TPSA) is 142 Å². The van der Waals surface area contributed by atoms with Gasteiger partial charge in [0.25, 0.3) is 0 Å². The molecule has 5 heterocycles. The van der Waals surface area contributed by atoms with Crippen molar-refractivity contribution in [3.05, 3.63) is 89.9 Å². The van der Waals surface area contributed by atoms with Crippen molar-refractivity contribution in [2.75, 3.05) is 24.5 Å². The van der Waals surface area contributed by atoms with Gasteiger partial charge in [-0.3, -0.25) is 19.3 Å². The Morgan fingerprint density at radius 1 is 1.06 bits per heavy atom. The van der Waals surface area contributed by atoms with E-state index in [0.717, 1.165) is 66.7 Å². The summed E-state index contributed by atoms with van der Waals surface area (Å²) in [7, 11) is 1.89.